The van der Waals surface area contributed by atoms with Crippen LogP contribution in [0.1, 0.15) is 26.3 Å². The molecule has 31 heavy (non-hydrogen) atoms. The molecular formula is C23H27N3O5. The van der Waals surface area contributed by atoms with Gasteiger partial charge in [-0.1, -0.05) is 62.4 Å². The highest BCUT2D eigenvalue weighted by atomic mass is 16.5. The van der Waals surface area contributed by atoms with Crippen LogP contribution in [-0.4, -0.2) is 35.7 Å². The Morgan fingerprint density at radius 3 is 2.26 bits per heavy atom. The SMILES string of the molecule is CC(C)C(NC(=O)OCc1ccccc1)C(=O)N[C@]1(C)C(=O)N[C@@H]1Oc1ccccc1. The van der Waals surface area contributed by atoms with Crippen LogP contribution in [0, 0.1) is 5.92 Å². The molecule has 0 aliphatic carbocycles. The van der Waals surface area contributed by atoms with Gasteiger partial charge in [-0.15, -0.1) is 0 Å². The van der Waals surface area contributed by atoms with E-state index in [-0.39, 0.29) is 18.4 Å². The summed E-state index contributed by atoms with van der Waals surface area (Å²) in [4.78, 5) is 37.4. The molecule has 8 heteroatoms. The Bertz CT molecular complexity index is 919. The van der Waals surface area contributed by atoms with Crippen LogP contribution in [0.25, 0.3) is 0 Å². The van der Waals surface area contributed by atoms with Crippen LogP contribution >= 0.6 is 0 Å². The molecule has 8 nitrogen and oxygen atoms in total. The van der Waals surface area contributed by atoms with E-state index < -0.39 is 29.8 Å². The van der Waals surface area contributed by atoms with Gasteiger partial charge in [0.15, 0.2) is 5.54 Å². The molecule has 1 fully saturated rings. The molecule has 0 aromatic heterocycles. The number of carbonyl (C=O) groups is 3. The Morgan fingerprint density at radius 1 is 1.06 bits per heavy atom. The van der Waals surface area contributed by atoms with Gasteiger partial charge in [0.2, 0.25) is 12.1 Å². The normalized spacial score (nSPS) is 20.8. The number of hydrogen-bond donors (Lipinski definition) is 3. The highest BCUT2D eigenvalue weighted by Crippen LogP contribution is 2.24. The third kappa shape index (κ3) is 5.33. The Morgan fingerprint density at radius 2 is 1.68 bits per heavy atom. The first kappa shape index (κ1) is 22.1. The van der Waals surface area contributed by atoms with Gasteiger partial charge < -0.3 is 25.4 Å². The Balaban J connectivity index is 1.59. The highest BCUT2D eigenvalue weighted by molar-refractivity contribution is 5.98. The fourth-order valence-electron chi connectivity index (χ4n) is 3.12. The van der Waals surface area contributed by atoms with Crippen LogP contribution < -0.4 is 20.7 Å². The standard InChI is InChI=1S/C23H27N3O5/c1-15(2)18(24-22(29)30-14-16-10-6-4-7-11-16)19(27)26-23(3)20(28)25-21(23)31-17-12-8-5-9-13-17/h4-13,15,18,21H,14H2,1-3H3,(H,24,29)(H,25,28)(H,26,27)/t18?,21-,23-/m1/s1. The van der Waals surface area contributed by atoms with Crippen LogP contribution in [0.3, 0.4) is 0 Å². The molecule has 1 heterocycles. The number of rotatable bonds is 8. The molecule has 3 rings (SSSR count). The lowest BCUT2D eigenvalue weighted by atomic mass is 9.89. The predicted molar refractivity (Wildman–Crippen MR) is 114 cm³/mol. The van der Waals surface area contributed by atoms with E-state index in [1.165, 1.54) is 0 Å². The Labute approximate surface area is 181 Å². The van der Waals surface area contributed by atoms with E-state index in [2.05, 4.69) is 16.0 Å². The number of para-hydroxylation sites is 1. The summed E-state index contributed by atoms with van der Waals surface area (Å²) in [5.74, 6) is -0.526. The van der Waals surface area contributed by atoms with Gasteiger partial charge >= 0.3 is 6.09 Å². The number of benzene rings is 2. The molecule has 3 atom stereocenters. The van der Waals surface area contributed by atoms with Gasteiger partial charge in [0.25, 0.3) is 5.91 Å². The highest BCUT2D eigenvalue weighted by Gasteiger charge is 2.55. The molecule has 1 aliphatic heterocycles. The fourth-order valence-corrected chi connectivity index (χ4v) is 3.12. The van der Waals surface area contributed by atoms with Gasteiger partial charge in [-0.05, 0) is 30.5 Å². The van der Waals surface area contributed by atoms with Crippen LogP contribution in [-0.2, 0) is 20.9 Å². The summed E-state index contributed by atoms with van der Waals surface area (Å²) in [5.41, 5.74) is -0.432. The number of nitrogens with one attached hydrogen (secondary N) is 3. The molecular weight excluding hydrogens is 398 g/mol. The second kappa shape index (κ2) is 9.51. The second-order valence-corrected chi connectivity index (χ2v) is 7.90. The largest absolute Gasteiger partial charge is 0.468 e. The maximum absolute atomic E-state index is 12.9. The summed E-state index contributed by atoms with van der Waals surface area (Å²) in [6, 6.07) is 17.3. The summed E-state index contributed by atoms with van der Waals surface area (Å²) in [7, 11) is 0. The first-order valence-electron chi connectivity index (χ1n) is 10.1. The van der Waals surface area contributed by atoms with E-state index in [1.807, 2.05) is 48.5 Å². The van der Waals surface area contributed by atoms with E-state index in [1.54, 1.807) is 32.9 Å². The predicted octanol–water partition coefficient (Wildman–Crippen LogP) is 2.35. The van der Waals surface area contributed by atoms with Crippen molar-refractivity contribution in [3.05, 3.63) is 66.2 Å². The lowest BCUT2D eigenvalue weighted by Gasteiger charge is -2.46. The molecule has 1 saturated heterocycles. The lowest BCUT2D eigenvalue weighted by Crippen LogP contribution is -2.80. The molecule has 0 radical (unpaired) electrons. The molecule has 1 aliphatic rings. The Kier molecular flexibility index (Phi) is 6.79. The van der Waals surface area contributed by atoms with E-state index in [9.17, 15) is 14.4 Å². The summed E-state index contributed by atoms with van der Waals surface area (Å²) in [6.07, 6.45) is -1.44. The summed E-state index contributed by atoms with van der Waals surface area (Å²) in [5, 5.41) is 7.96. The number of carbonyl (C=O) groups excluding carboxylic acids is 3. The van der Waals surface area contributed by atoms with Gasteiger partial charge in [-0.2, -0.15) is 0 Å². The minimum absolute atomic E-state index is 0.0895. The van der Waals surface area contributed by atoms with Crippen LogP contribution in [0.5, 0.6) is 5.75 Å². The average Bonchev–Trinajstić information content (AvgIpc) is 2.77. The maximum atomic E-state index is 12.9. The van der Waals surface area contributed by atoms with Gasteiger partial charge in [0.1, 0.15) is 18.4 Å². The van der Waals surface area contributed by atoms with Crippen molar-refractivity contribution in [3.63, 3.8) is 0 Å². The molecule has 2 aromatic rings. The van der Waals surface area contributed by atoms with Crippen LogP contribution in [0.4, 0.5) is 4.79 Å². The van der Waals surface area contributed by atoms with Crippen molar-refractivity contribution in [3.8, 4) is 5.75 Å². The monoisotopic (exact) mass is 425 g/mol. The van der Waals surface area contributed by atoms with E-state index in [0.29, 0.717) is 5.75 Å². The minimum atomic E-state index is -1.27. The molecule has 164 valence electrons. The fraction of sp³-hybridized carbons (Fsp3) is 0.348. The average molecular weight is 425 g/mol. The van der Waals surface area contributed by atoms with Crippen molar-refractivity contribution in [1.82, 2.24) is 16.0 Å². The maximum Gasteiger partial charge on any atom is 0.408 e. The van der Waals surface area contributed by atoms with E-state index in [0.717, 1.165) is 5.56 Å². The zero-order valence-corrected chi connectivity index (χ0v) is 17.8. The summed E-state index contributed by atoms with van der Waals surface area (Å²) < 4.78 is 11.0. The van der Waals surface area contributed by atoms with Crippen molar-refractivity contribution < 1.29 is 23.9 Å². The zero-order chi connectivity index (χ0) is 22.4. The van der Waals surface area contributed by atoms with Gasteiger partial charge in [-0.25, -0.2) is 4.79 Å². The molecule has 0 saturated carbocycles. The quantitative estimate of drug-likeness (QED) is 0.563. The van der Waals surface area contributed by atoms with Gasteiger partial charge in [-0.3, -0.25) is 9.59 Å². The van der Waals surface area contributed by atoms with E-state index in [4.69, 9.17) is 9.47 Å². The number of hydrogen-bond acceptors (Lipinski definition) is 5. The molecule has 2 aromatic carbocycles. The third-order valence-electron chi connectivity index (χ3n) is 5.07. The van der Waals surface area contributed by atoms with Crippen molar-refractivity contribution >= 4 is 17.9 Å². The van der Waals surface area contributed by atoms with Crippen LogP contribution in [0.2, 0.25) is 0 Å². The number of ether oxygens (including phenoxy) is 2. The van der Waals surface area contributed by atoms with Gasteiger partial charge in [0, 0.05) is 0 Å². The number of amides is 3. The van der Waals surface area contributed by atoms with Crippen molar-refractivity contribution in [2.45, 2.75) is 45.2 Å². The summed E-state index contributed by atoms with van der Waals surface area (Å²) in [6.45, 7) is 5.26. The first-order valence-corrected chi connectivity index (χ1v) is 10.1. The smallest absolute Gasteiger partial charge is 0.408 e. The number of β-lactam (4-membered cyclic amide) rings is 1. The summed E-state index contributed by atoms with van der Waals surface area (Å²) >= 11 is 0. The van der Waals surface area contributed by atoms with Crippen molar-refractivity contribution in [1.29, 1.82) is 0 Å². The molecule has 3 N–H and O–H groups in total. The minimum Gasteiger partial charge on any atom is -0.468 e. The molecule has 0 bridgehead atoms. The lowest BCUT2D eigenvalue weighted by molar-refractivity contribution is -0.154. The topological polar surface area (TPSA) is 106 Å². The zero-order valence-electron chi connectivity index (χ0n) is 17.8. The van der Waals surface area contributed by atoms with Crippen molar-refractivity contribution in [2.75, 3.05) is 0 Å². The molecule has 3 amide bonds. The van der Waals surface area contributed by atoms with Gasteiger partial charge in [0.05, 0.1) is 0 Å². The molecule has 1 unspecified atom stereocenters. The third-order valence-corrected chi connectivity index (χ3v) is 5.07. The molecule has 0 spiro atoms. The van der Waals surface area contributed by atoms with Crippen molar-refractivity contribution in [2.24, 2.45) is 5.92 Å². The van der Waals surface area contributed by atoms with E-state index >= 15 is 0 Å². The first-order chi connectivity index (χ1) is 14.8. The second-order valence-electron chi connectivity index (χ2n) is 7.90. The van der Waals surface area contributed by atoms with Crippen LogP contribution in [0.15, 0.2) is 60.7 Å². The number of alkyl carbamates (subject to hydrolysis) is 1. The Hall–Kier alpha value is -3.55.